The lowest BCUT2D eigenvalue weighted by Crippen LogP contribution is -2.34. The largest absolute Gasteiger partial charge is 0.481 e. The van der Waals surface area contributed by atoms with Crippen LogP contribution in [0.4, 0.5) is 9.18 Å². The second-order valence-corrected chi connectivity index (χ2v) is 11.7. The number of ether oxygens (including phenoxy) is 1. The minimum absolute atomic E-state index is 0.0830. The van der Waals surface area contributed by atoms with Crippen molar-refractivity contribution in [1.82, 2.24) is 5.32 Å². The summed E-state index contributed by atoms with van der Waals surface area (Å²) in [6, 6.07) is 0. The molecule has 0 saturated carbocycles. The van der Waals surface area contributed by atoms with Gasteiger partial charge in [0.15, 0.2) is 0 Å². The van der Waals surface area contributed by atoms with Crippen LogP contribution in [-0.2, 0) is 9.53 Å². The lowest BCUT2D eigenvalue weighted by molar-refractivity contribution is -0.151. The molecule has 0 heterocycles. The van der Waals surface area contributed by atoms with Crippen molar-refractivity contribution in [2.75, 3.05) is 13.2 Å². The fourth-order valence-corrected chi connectivity index (χ4v) is 5.38. The summed E-state index contributed by atoms with van der Waals surface area (Å²) in [4.78, 5) is 23.9. The van der Waals surface area contributed by atoms with E-state index in [1.165, 1.54) is 77.0 Å². The highest BCUT2D eigenvalue weighted by atomic mass is 19.1. The molecule has 39 heavy (non-hydrogen) atoms. The number of carbonyl (C=O) groups excluding carboxylic acids is 1. The molecule has 1 amide bonds. The first-order chi connectivity index (χ1) is 18.9. The predicted octanol–water partition coefficient (Wildman–Crippen LogP) is 10.5. The Kier molecular flexibility index (Phi) is 26.0. The van der Waals surface area contributed by atoms with E-state index in [1.807, 2.05) is 6.92 Å². The van der Waals surface area contributed by atoms with Crippen LogP contribution < -0.4 is 5.32 Å². The molecule has 0 aliphatic carbocycles. The van der Waals surface area contributed by atoms with Gasteiger partial charge in [-0.05, 0) is 38.5 Å². The molecule has 0 aliphatic heterocycles. The van der Waals surface area contributed by atoms with Crippen LogP contribution in [0.25, 0.3) is 0 Å². The Morgan fingerprint density at radius 3 is 1.69 bits per heavy atom. The summed E-state index contributed by atoms with van der Waals surface area (Å²) in [5.41, 5.74) is -1.02. The number of rotatable bonds is 29. The van der Waals surface area contributed by atoms with E-state index in [2.05, 4.69) is 19.2 Å². The van der Waals surface area contributed by atoms with Crippen molar-refractivity contribution in [1.29, 1.82) is 0 Å². The minimum Gasteiger partial charge on any atom is -0.481 e. The molecule has 0 bridgehead atoms. The third-order valence-corrected chi connectivity index (χ3v) is 8.20. The van der Waals surface area contributed by atoms with Crippen LogP contribution in [0.5, 0.6) is 0 Å². The lowest BCUT2D eigenvalue weighted by Gasteiger charge is -2.30. The van der Waals surface area contributed by atoms with Crippen molar-refractivity contribution >= 4 is 12.1 Å². The van der Waals surface area contributed by atoms with Gasteiger partial charge in [0.05, 0.1) is 12.0 Å². The number of unbranched alkanes of at least 4 members (excludes halogenated alkanes) is 17. The molecule has 2 atom stereocenters. The summed E-state index contributed by atoms with van der Waals surface area (Å²) < 4.78 is 19.8. The molecule has 2 unspecified atom stereocenters. The van der Waals surface area contributed by atoms with Crippen molar-refractivity contribution in [3.8, 4) is 0 Å². The Hall–Kier alpha value is -1.33. The van der Waals surface area contributed by atoms with Crippen LogP contribution in [0.15, 0.2) is 0 Å². The van der Waals surface area contributed by atoms with Gasteiger partial charge in [0.2, 0.25) is 0 Å². The highest BCUT2D eigenvalue weighted by Gasteiger charge is 2.38. The normalized spacial score (nSPS) is 13.6. The quantitative estimate of drug-likeness (QED) is 0.0897. The van der Waals surface area contributed by atoms with E-state index in [-0.39, 0.29) is 6.42 Å². The second-order valence-electron chi connectivity index (χ2n) is 11.7. The molecule has 0 radical (unpaired) electrons. The number of carboxylic acids is 1. The van der Waals surface area contributed by atoms with Gasteiger partial charge in [-0.3, -0.25) is 4.79 Å². The topological polar surface area (TPSA) is 75.6 Å². The van der Waals surface area contributed by atoms with Crippen LogP contribution in [0, 0.1) is 5.41 Å². The molecule has 0 saturated heterocycles. The van der Waals surface area contributed by atoms with Gasteiger partial charge in [0.25, 0.3) is 0 Å². The number of aliphatic carboxylic acids is 1. The number of hydrogen-bond acceptors (Lipinski definition) is 3. The van der Waals surface area contributed by atoms with Gasteiger partial charge in [-0.25, -0.2) is 9.18 Å². The standard InChI is InChI=1S/C33H64FNO4/c1-4-7-9-11-12-13-14-15-16-17-18-19-20-24-28-39-32(38)35-27-23-22-26-33(6-3,31(36)37)29-30(34)25-21-10-8-5-2/h30H,4-29H2,1-3H3,(H,35,38)(H,36,37). The molecule has 0 aromatic carbocycles. The number of nitrogens with one attached hydrogen (secondary N) is 1. The van der Waals surface area contributed by atoms with Gasteiger partial charge in [-0.2, -0.15) is 0 Å². The molecule has 0 aliphatic rings. The molecule has 0 aromatic heterocycles. The van der Waals surface area contributed by atoms with Crippen LogP contribution in [0.1, 0.15) is 175 Å². The van der Waals surface area contributed by atoms with Gasteiger partial charge in [-0.15, -0.1) is 0 Å². The van der Waals surface area contributed by atoms with Crippen molar-refractivity contribution in [3.63, 3.8) is 0 Å². The van der Waals surface area contributed by atoms with Crippen LogP contribution in [0.3, 0.4) is 0 Å². The van der Waals surface area contributed by atoms with Crippen LogP contribution >= 0.6 is 0 Å². The summed E-state index contributed by atoms with van der Waals surface area (Å²) in [5.74, 6) is -0.901. The van der Waals surface area contributed by atoms with E-state index in [0.717, 1.165) is 38.5 Å². The van der Waals surface area contributed by atoms with E-state index in [4.69, 9.17) is 4.74 Å². The molecule has 0 fully saturated rings. The third-order valence-electron chi connectivity index (χ3n) is 8.20. The van der Waals surface area contributed by atoms with Crippen molar-refractivity contribution in [3.05, 3.63) is 0 Å². The zero-order valence-corrected chi connectivity index (χ0v) is 26.0. The monoisotopic (exact) mass is 557 g/mol. The SMILES string of the molecule is CCCCCCCCCCCCCCCCOC(=O)NCCCCC(CC)(CC(F)CCCCCC)C(=O)O. The van der Waals surface area contributed by atoms with Gasteiger partial charge < -0.3 is 15.2 Å². The summed E-state index contributed by atoms with van der Waals surface area (Å²) >= 11 is 0. The second kappa shape index (κ2) is 26.9. The summed E-state index contributed by atoms with van der Waals surface area (Å²) in [6.45, 7) is 7.12. The molecular weight excluding hydrogens is 493 g/mol. The Bertz CT molecular complexity index is 574. The summed E-state index contributed by atoms with van der Waals surface area (Å²) in [6.07, 6.45) is 23.4. The number of carboxylic acid groups (broad SMARTS) is 1. The average molecular weight is 558 g/mol. The molecule has 6 heteroatoms. The maximum absolute atomic E-state index is 14.5. The first kappa shape index (κ1) is 37.7. The molecule has 0 aromatic rings. The zero-order chi connectivity index (χ0) is 29.0. The molecular formula is C33H64FNO4. The molecule has 232 valence electrons. The minimum atomic E-state index is -1.07. The van der Waals surface area contributed by atoms with Gasteiger partial charge in [0.1, 0.15) is 6.17 Å². The summed E-state index contributed by atoms with van der Waals surface area (Å²) in [7, 11) is 0. The number of hydrogen-bond donors (Lipinski definition) is 2. The highest BCUT2D eigenvalue weighted by molar-refractivity contribution is 5.74. The molecule has 5 nitrogen and oxygen atoms in total. The first-order valence-corrected chi connectivity index (χ1v) is 16.7. The maximum Gasteiger partial charge on any atom is 0.407 e. The van der Waals surface area contributed by atoms with Crippen LogP contribution in [-0.4, -0.2) is 36.5 Å². The van der Waals surface area contributed by atoms with E-state index in [1.54, 1.807) is 0 Å². The summed E-state index contributed by atoms with van der Waals surface area (Å²) in [5, 5.41) is 12.6. The Morgan fingerprint density at radius 2 is 1.21 bits per heavy atom. The van der Waals surface area contributed by atoms with E-state index >= 15 is 0 Å². The van der Waals surface area contributed by atoms with Crippen molar-refractivity contribution < 1.29 is 23.8 Å². The van der Waals surface area contributed by atoms with Crippen molar-refractivity contribution in [2.45, 2.75) is 181 Å². The number of alkyl halides is 1. The Labute approximate surface area is 240 Å². The number of amides is 1. The fourth-order valence-electron chi connectivity index (χ4n) is 5.38. The van der Waals surface area contributed by atoms with Crippen molar-refractivity contribution in [2.24, 2.45) is 5.41 Å². The number of halogens is 1. The Morgan fingerprint density at radius 1 is 0.718 bits per heavy atom. The lowest BCUT2D eigenvalue weighted by atomic mass is 9.75. The number of carbonyl (C=O) groups is 2. The van der Waals surface area contributed by atoms with E-state index < -0.39 is 23.6 Å². The maximum atomic E-state index is 14.5. The molecule has 0 spiro atoms. The highest BCUT2D eigenvalue weighted by Crippen LogP contribution is 2.36. The average Bonchev–Trinajstić information content (AvgIpc) is 2.92. The zero-order valence-electron chi connectivity index (χ0n) is 26.0. The predicted molar refractivity (Wildman–Crippen MR) is 162 cm³/mol. The van der Waals surface area contributed by atoms with E-state index in [0.29, 0.717) is 45.3 Å². The third kappa shape index (κ3) is 22.1. The van der Waals surface area contributed by atoms with E-state index in [9.17, 15) is 19.1 Å². The van der Waals surface area contributed by atoms with Gasteiger partial charge in [-0.1, -0.05) is 136 Å². The molecule has 0 rings (SSSR count). The smallest absolute Gasteiger partial charge is 0.407 e. The van der Waals surface area contributed by atoms with Gasteiger partial charge >= 0.3 is 12.1 Å². The van der Waals surface area contributed by atoms with Crippen LogP contribution in [0.2, 0.25) is 0 Å². The first-order valence-electron chi connectivity index (χ1n) is 16.7. The molecule has 2 N–H and O–H groups in total. The Balaban J connectivity index is 3.76. The van der Waals surface area contributed by atoms with Gasteiger partial charge in [0, 0.05) is 6.54 Å². The number of alkyl carbamates (subject to hydrolysis) is 1. The fraction of sp³-hybridized carbons (Fsp3) is 0.939.